The van der Waals surface area contributed by atoms with Crippen molar-refractivity contribution in [2.75, 3.05) is 0 Å². The van der Waals surface area contributed by atoms with E-state index < -0.39 is 11.7 Å². The predicted octanol–water partition coefficient (Wildman–Crippen LogP) is 4.11. The Bertz CT molecular complexity index is 576. The fraction of sp³-hybridized carbons (Fsp3) is 0.308. The molecule has 0 fully saturated rings. The van der Waals surface area contributed by atoms with Gasteiger partial charge in [-0.15, -0.1) is 0 Å². The van der Waals surface area contributed by atoms with E-state index in [4.69, 9.17) is 11.6 Å². The molecule has 19 heavy (non-hydrogen) atoms. The molecule has 0 spiro atoms. The average molecular weight is 289 g/mol. The number of imidazole rings is 1. The van der Waals surface area contributed by atoms with Crippen molar-refractivity contribution in [3.63, 3.8) is 0 Å². The molecule has 1 aromatic carbocycles. The highest BCUT2D eigenvalue weighted by Gasteiger charge is 2.30. The normalized spacial score (nSPS) is 11.8. The molecule has 0 atom stereocenters. The number of aromatic nitrogens is 2. The fourth-order valence-electron chi connectivity index (χ4n) is 1.81. The zero-order valence-electron chi connectivity index (χ0n) is 10.2. The number of aryl methyl sites for hydroxylation is 3. The van der Waals surface area contributed by atoms with Gasteiger partial charge in [0.25, 0.3) is 0 Å². The van der Waals surface area contributed by atoms with Crippen LogP contribution >= 0.6 is 11.6 Å². The number of rotatable bonds is 3. The first-order chi connectivity index (χ1) is 8.88. The minimum absolute atomic E-state index is 0.146. The first-order valence-electron chi connectivity index (χ1n) is 5.71. The number of nitrogens with zero attached hydrogens (tertiary/aromatic N) is 2. The van der Waals surface area contributed by atoms with E-state index in [0.29, 0.717) is 18.5 Å². The zero-order chi connectivity index (χ0) is 14.0. The first kappa shape index (κ1) is 13.9. The lowest BCUT2D eigenvalue weighted by atomic mass is 10.1. The lowest BCUT2D eigenvalue weighted by Crippen LogP contribution is -2.06. The van der Waals surface area contributed by atoms with E-state index in [-0.39, 0.29) is 5.02 Å². The van der Waals surface area contributed by atoms with Crippen LogP contribution < -0.4 is 0 Å². The van der Waals surface area contributed by atoms with E-state index in [1.165, 1.54) is 6.07 Å². The second-order valence-electron chi connectivity index (χ2n) is 4.22. The van der Waals surface area contributed by atoms with Crippen LogP contribution in [0.25, 0.3) is 0 Å². The lowest BCUT2D eigenvalue weighted by Gasteiger charge is -2.10. The number of benzene rings is 1. The van der Waals surface area contributed by atoms with Gasteiger partial charge in [0.05, 0.1) is 5.56 Å². The molecule has 0 aliphatic heterocycles. The molecule has 0 saturated heterocycles. The Kier molecular flexibility index (Phi) is 3.85. The van der Waals surface area contributed by atoms with Gasteiger partial charge < -0.3 is 4.57 Å². The molecule has 0 amide bonds. The van der Waals surface area contributed by atoms with E-state index in [2.05, 4.69) is 4.98 Å². The minimum Gasteiger partial charge on any atom is -0.335 e. The number of hydrogen-bond donors (Lipinski definition) is 0. The molecule has 0 saturated carbocycles. The fourth-order valence-corrected chi connectivity index (χ4v) is 2.08. The van der Waals surface area contributed by atoms with Crippen molar-refractivity contribution < 1.29 is 13.2 Å². The highest BCUT2D eigenvalue weighted by atomic mass is 35.5. The largest absolute Gasteiger partial charge is 0.416 e. The number of alkyl halides is 3. The lowest BCUT2D eigenvalue weighted by molar-refractivity contribution is -0.137. The summed E-state index contributed by atoms with van der Waals surface area (Å²) in [5, 5.41) is 0.146. The van der Waals surface area contributed by atoms with Gasteiger partial charge in [-0.05, 0) is 31.0 Å². The summed E-state index contributed by atoms with van der Waals surface area (Å²) in [6.07, 6.45) is -0.283. The molecule has 0 unspecified atom stereocenters. The molecule has 1 aromatic heterocycles. The third kappa shape index (κ3) is 3.29. The monoisotopic (exact) mass is 288 g/mol. The van der Waals surface area contributed by atoms with E-state index in [9.17, 15) is 13.2 Å². The highest BCUT2D eigenvalue weighted by molar-refractivity contribution is 6.31. The maximum Gasteiger partial charge on any atom is 0.416 e. The molecule has 1 heterocycles. The van der Waals surface area contributed by atoms with Gasteiger partial charge in [0.15, 0.2) is 0 Å². The average Bonchev–Trinajstić information content (AvgIpc) is 2.72. The quantitative estimate of drug-likeness (QED) is 0.831. The van der Waals surface area contributed by atoms with Crippen molar-refractivity contribution in [1.82, 2.24) is 9.55 Å². The van der Waals surface area contributed by atoms with Gasteiger partial charge in [-0.2, -0.15) is 13.2 Å². The van der Waals surface area contributed by atoms with Crippen LogP contribution in [0.2, 0.25) is 5.02 Å². The van der Waals surface area contributed by atoms with Crippen LogP contribution in [0.5, 0.6) is 0 Å². The van der Waals surface area contributed by atoms with E-state index >= 15 is 0 Å². The van der Waals surface area contributed by atoms with Crippen molar-refractivity contribution in [3.8, 4) is 0 Å². The van der Waals surface area contributed by atoms with Gasteiger partial charge in [0, 0.05) is 24.0 Å². The number of hydrogen-bond acceptors (Lipinski definition) is 1. The second-order valence-corrected chi connectivity index (χ2v) is 4.63. The molecule has 0 aliphatic rings. The maximum atomic E-state index is 12.5. The molecule has 2 rings (SSSR count). The van der Waals surface area contributed by atoms with Crippen molar-refractivity contribution in [1.29, 1.82) is 0 Å². The zero-order valence-corrected chi connectivity index (χ0v) is 11.0. The molecule has 2 aromatic rings. The molecular formula is C13H12ClF3N2. The summed E-state index contributed by atoms with van der Waals surface area (Å²) in [5.41, 5.74) is -0.0252. The van der Waals surface area contributed by atoms with Crippen molar-refractivity contribution in [3.05, 3.63) is 52.6 Å². The van der Waals surface area contributed by atoms with Gasteiger partial charge in [0.1, 0.15) is 5.82 Å². The van der Waals surface area contributed by atoms with Crippen LogP contribution in [0.4, 0.5) is 13.2 Å². The van der Waals surface area contributed by atoms with Gasteiger partial charge >= 0.3 is 6.18 Å². The predicted molar refractivity (Wildman–Crippen MR) is 67.1 cm³/mol. The van der Waals surface area contributed by atoms with Gasteiger partial charge in [-0.1, -0.05) is 17.7 Å². The van der Waals surface area contributed by atoms with Gasteiger partial charge in [0.2, 0.25) is 0 Å². The Morgan fingerprint density at radius 1 is 1.32 bits per heavy atom. The second kappa shape index (κ2) is 5.25. The summed E-state index contributed by atoms with van der Waals surface area (Å²) in [4.78, 5) is 4.08. The topological polar surface area (TPSA) is 17.8 Å². The van der Waals surface area contributed by atoms with Crippen molar-refractivity contribution in [2.45, 2.75) is 26.1 Å². The first-order valence-corrected chi connectivity index (χ1v) is 6.09. The standard InChI is InChI=1S/C13H12ClF3N2/c1-9-18-5-7-19(9)6-4-10-2-3-11(8-12(10)14)13(15,16)17/h2-3,5,7-8H,4,6H2,1H3. The van der Waals surface area contributed by atoms with Crippen LogP contribution in [-0.4, -0.2) is 9.55 Å². The molecule has 0 aliphatic carbocycles. The molecular weight excluding hydrogens is 277 g/mol. The third-order valence-corrected chi connectivity index (χ3v) is 3.28. The van der Waals surface area contributed by atoms with Crippen LogP contribution in [0.15, 0.2) is 30.6 Å². The van der Waals surface area contributed by atoms with E-state index in [1.54, 1.807) is 6.20 Å². The van der Waals surface area contributed by atoms with Crippen LogP contribution in [0.1, 0.15) is 17.0 Å². The summed E-state index contributed by atoms with van der Waals surface area (Å²) in [6.45, 7) is 2.51. The van der Waals surface area contributed by atoms with Crippen LogP contribution in [0, 0.1) is 6.92 Å². The molecule has 0 radical (unpaired) electrons. The van der Waals surface area contributed by atoms with Crippen LogP contribution in [0.3, 0.4) is 0 Å². The summed E-state index contributed by atoms with van der Waals surface area (Å²) >= 11 is 5.89. The third-order valence-electron chi connectivity index (χ3n) is 2.93. The summed E-state index contributed by atoms with van der Waals surface area (Å²) in [7, 11) is 0. The summed E-state index contributed by atoms with van der Waals surface area (Å²) < 4.78 is 39.4. The summed E-state index contributed by atoms with van der Waals surface area (Å²) in [5.74, 6) is 0.864. The Morgan fingerprint density at radius 3 is 2.58 bits per heavy atom. The Hall–Kier alpha value is -1.49. The maximum absolute atomic E-state index is 12.5. The molecule has 0 bridgehead atoms. The van der Waals surface area contributed by atoms with E-state index in [1.807, 2.05) is 17.7 Å². The van der Waals surface area contributed by atoms with Crippen molar-refractivity contribution >= 4 is 11.6 Å². The van der Waals surface area contributed by atoms with Crippen molar-refractivity contribution in [2.24, 2.45) is 0 Å². The Balaban J connectivity index is 2.12. The minimum atomic E-state index is -4.36. The van der Waals surface area contributed by atoms with Gasteiger partial charge in [-0.25, -0.2) is 4.98 Å². The Labute approximate surface area is 113 Å². The van der Waals surface area contributed by atoms with E-state index in [0.717, 1.165) is 18.0 Å². The molecule has 0 N–H and O–H groups in total. The van der Waals surface area contributed by atoms with Crippen LogP contribution in [-0.2, 0) is 19.1 Å². The number of halogens is 4. The van der Waals surface area contributed by atoms with Gasteiger partial charge in [-0.3, -0.25) is 0 Å². The SMILES string of the molecule is Cc1nccn1CCc1ccc(C(F)(F)F)cc1Cl. The Morgan fingerprint density at radius 2 is 2.05 bits per heavy atom. The molecule has 2 nitrogen and oxygen atoms in total. The summed E-state index contributed by atoms with van der Waals surface area (Å²) in [6, 6.07) is 3.46. The molecule has 102 valence electrons. The smallest absolute Gasteiger partial charge is 0.335 e. The highest BCUT2D eigenvalue weighted by Crippen LogP contribution is 2.32. The molecule has 6 heteroatoms.